The molecule has 3 rings (SSSR count). The molecule has 0 unspecified atom stereocenters. The summed E-state index contributed by atoms with van der Waals surface area (Å²) in [5.41, 5.74) is 3.32. The van der Waals surface area contributed by atoms with Crippen LogP contribution in [0.2, 0.25) is 0 Å². The number of nitrogens with zero attached hydrogens (tertiary/aromatic N) is 1. The molecule has 0 radical (unpaired) electrons. The maximum absolute atomic E-state index is 12.5. The second kappa shape index (κ2) is 7.41. The van der Waals surface area contributed by atoms with Crippen LogP contribution >= 0.6 is 11.8 Å². The molecule has 2 aromatic carbocycles. The normalized spacial score (nSPS) is 15.8. The largest absolute Gasteiger partial charge is 0.507 e. The number of nitrogens with one attached hydrogen (secondary N) is 1. The van der Waals surface area contributed by atoms with Crippen LogP contribution in [0.5, 0.6) is 5.75 Å². The van der Waals surface area contributed by atoms with Crippen LogP contribution in [0.25, 0.3) is 6.08 Å². The number of phenols is 1. The van der Waals surface area contributed by atoms with Gasteiger partial charge in [0, 0.05) is 22.6 Å². The SMILES string of the molecule is CN(C)Cc1cc(/C=C2\Sc3ccccc3NC2=O)cc(C(C)(C)C)c1O. The monoisotopic (exact) mass is 382 g/mol. The Morgan fingerprint density at radius 1 is 1.19 bits per heavy atom. The fourth-order valence-corrected chi connectivity index (χ4v) is 4.04. The van der Waals surface area contributed by atoms with E-state index in [0.29, 0.717) is 17.2 Å². The van der Waals surface area contributed by atoms with Crippen LogP contribution in [0.4, 0.5) is 5.69 Å². The maximum atomic E-state index is 12.5. The molecule has 1 amide bonds. The number of hydrogen-bond donors (Lipinski definition) is 2. The number of para-hydroxylation sites is 1. The summed E-state index contributed by atoms with van der Waals surface area (Å²) >= 11 is 1.47. The highest BCUT2D eigenvalue weighted by molar-refractivity contribution is 8.04. The molecule has 0 bridgehead atoms. The van der Waals surface area contributed by atoms with Crippen molar-refractivity contribution in [2.24, 2.45) is 0 Å². The lowest BCUT2D eigenvalue weighted by molar-refractivity contribution is -0.112. The number of hydrogen-bond acceptors (Lipinski definition) is 4. The van der Waals surface area contributed by atoms with Crippen molar-refractivity contribution < 1.29 is 9.90 Å². The van der Waals surface area contributed by atoms with Gasteiger partial charge in [-0.2, -0.15) is 0 Å². The minimum Gasteiger partial charge on any atom is -0.507 e. The molecule has 0 aliphatic carbocycles. The van der Waals surface area contributed by atoms with Crippen molar-refractivity contribution in [3.8, 4) is 5.75 Å². The molecular weight excluding hydrogens is 356 g/mol. The van der Waals surface area contributed by atoms with E-state index in [4.69, 9.17) is 0 Å². The van der Waals surface area contributed by atoms with Crippen molar-refractivity contribution >= 4 is 29.4 Å². The molecule has 5 heteroatoms. The second-order valence-electron chi connectivity index (χ2n) is 8.12. The molecule has 0 spiro atoms. The van der Waals surface area contributed by atoms with Gasteiger partial charge in [0.05, 0.1) is 10.6 Å². The summed E-state index contributed by atoms with van der Waals surface area (Å²) in [6, 6.07) is 11.7. The van der Waals surface area contributed by atoms with Crippen molar-refractivity contribution in [1.29, 1.82) is 0 Å². The van der Waals surface area contributed by atoms with Crippen molar-refractivity contribution in [2.75, 3.05) is 19.4 Å². The zero-order valence-electron chi connectivity index (χ0n) is 16.5. The molecule has 0 fully saturated rings. The van der Waals surface area contributed by atoms with Gasteiger partial charge in [-0.15, -0.1) is 0 Å². The van der Waals surface area contributed by atoms with Gasteiger partial charge in [0.25, 0.3) is 5.91 Å². The molecule has 1 heterocycles. The van der Waals surface area contributed by atoms with Crippen molar-refractivity contribution in [1.82, 2.24) is 4.90 Å². The molecule has 0 atom stereocenters. The van der Waals surface area contributed by atoms with Crippen LogP contribution in [-0.2, 0) is 16.8 Å². The number of phenolic OH excluding ortho intramolecular Hbond substituents is 1. The molecular formula is C22H26N2O2S. The minimum absolute atomic E-state index is 0.0988. The van der Waals surface area contributed by atoms with Crippen LogP contribution in [0, 0.1) is 0 Å². The third-order valence-corrected chi connectivity index (χ3v) is 5.48. The summed E-state index contributed by atoms with van der Waals surface area (Å²) in [6.45, 7) is 6.87. The number of aromatic hydroxyl groups is 1. The number of carbonyl (C=O) groups is 1. The highest BCUT2D eigenvalue weighted by Gasteiger charge is 2.23. The van der Waals surface area contributed by atoms with Gasteiger partial charge in [0.15, 0.2) is 0 Å². The van der Waals surface area contributed by atoms with E-state index in [1.165, 1.54) is 11.8 Å². The van der Waals surface area contributed by atoms with Gasteiger partial charge in [0.1, 0.15) is 5.75 Å². The summed E-state index contributed by atoms with van der Waals surface area (Å²) in [7, 11) is 3.95. The van der Waals surface area contributed by atoms with Crippen LogP contribution in [0.3, 0.4) is 0 Å². The first-order valence-corrected chi connectivity index (χ1v) is 9.78. The van der Waals surface area contributed by atoms with Crippen molar-refractivity contribution in [3.05, 3.63) is 58.0 Å². The lowest BCUT2D eigenvalue weighted by Crippen LogP contribution is -2.17. The Kier molecular flexibility index (Phi) is 5.36. The number of carbonyl (C=O) groups excluding carboxylic acids is 1. The predicted octanol–water partition coefficient (Wildman–Crippen LogP) is 4.84. The molecule has 27 heavy (non-hydrogen) atoms. The lowest BCUT2D eigenvalue weighted by Gasteiger charge is -2.24. The van der Waals surface area contributed by atoms with Crippen molar-refractivity contribution in [2.45, 2.75) is 37.6 Å². The zero-order valence-corrected chi connectivity index (χ0v) is 17.3. The lowest BCUT2D eigenvalue weighted by atomic mass is 9.84. The Morgan fingerprint density at radius 2 is 1.89 bits per heavy atom. The maximum Gasteiger partial charge on any atom is 0.262 e. The third kappa shape index (κ3) is 4.37. The third-order valence-electron chi connectivity index (χ3n) is 4.38. The first kappa shape index (κ1) is 19.5. The molecule has 0 saturated carbocycles. The molecule has 0 saturated heterocycles. The van der Waals surface area contributed by atoms with Gasteiger partial charge in [-0.1, -0.05) is 44.7 Å². The highest BCUT2D eigenvalue weighted by Crippen LogP contribution is 2.40. The summed E-state index contributed by atoms with van der Waals surface area (Å²) < 4.78 is 0. The molecule has 4 nitrogen and oxygen atoms in total. The minimum atomic E-state index is -0.200. The number of rotatable bonds is 3. The van der Waals surface area contributed by atoms with E-state index < -0.39 is 0 Å². The van der Waals surface area contributed by atoms with Gasteiger partial charge in [-0.3, -0.25) is 4.79 Å². The average Bonchev–Trinajstić information content (AvgIpc) is 2.56. The fraction of sp³-hybridized carbons (Fsp3) is 0.318. The van der Waals surface area contributed by atoms with Gasteiger partial charge in [0.2, 0.25) is 0 Å². The van der Waals surface area contributed by atoms with Gasteiger partial charge in [-0.25, -0.2) is 0 Å². The van der Waals surface area contributed by atoms with Crippen LogP contribution in [-0.4, -0.2) is 30.0 Å². The number of anilines is 1. The standard InChI is InChI=1S/C22H26N2O2S/c1-22(2,3)16-11-14(10-15(20(16)25)13-24(4)5)12-19-21(26)23-17-8-6-7-9-18(17)27-19/h6-12,25H,13H2,1-5H3,(H,23,26)/b19-12-. The van der Waals surface area contributed by atoms with Crippen LogP contribution < -0.4 is 5.32 Å². The summed E-state index contributed by atoms with van der Waals surface area (Å²) in [6.07, 6.45) is 1.91. The first-order valence-electron chi connectivity index (χ1n) is 8.96. The van der Waals surface area contributed by atoms with Gasteiger partial charge < -0.3 is 15.3 Å². The van der Waals surface area contributed by atoms with E-state index in [1.807, 2.05) is 61.5 Å². The zero-order chi connectivity index (χ0) is 19.8. The van der Waals surface area contributed by atoms with Crippen LogP contribution in [0.1, 0.15) is 37.5 Å². The molecule has 1 aliphatic heterocycles. The van der Waals surface area contributed by atoms with Gasteiger partial charge in [-0.05, 0) is 55.4 Å². The van der Waals surface area contributed by atoms with Crippen molar-refractivity contribution in [3.63, 3.8) is 0 Å². The van der Waals surface area contributed by atoms with E-state index in [0.717, 1.165) is 27.3 Å². The highest BCUT2D eigenvalue weighted by atomic mass is 32.2. The van der Waals surface area contributed by atoms with E-state index in [1.54, 1.807) is 0 Å². The molecule has 142 valence electrons. The molecule has 2 aromatic rings. The quantitative estimate of drug-likeness (QED) is 0.746. The Bertz CT molecular complexity index is 911. The predicted molar refractivity (Wildman–Crippen MR) is 113 cm³/mol. The van der Waals surface area contributed by atoms with E-state index in [9.17, 15) is 9.90 Å². The second-order valence-corrected chi connectivity index (χ2v) is 9.21. The molecule has 0 aromatic heterocycles. The number of amides is 1. The fourth-order valence-electron chi connectivity index (χ4n) is 3.09. The topological polar surface area (TPSA) is 52.6 Å². The number of benzene rings is 2. The Balaban J connectivity index is 2.06. The molecule has 2 N–H and O–H groups in total. The first-order chi connectivity index (χ1) is 12.6. The van der Waals surface area contributed by atoms with E-state index in [2.05, 4.69) is 26.1 Å². The average molecular weight is 383 g/mol. The van der Waals surface area contributed by atoms with Crippen LogP contribution in [0.15, 0.2) is 46.2 Å². The smallest absolute Gasteiger partial charge is 0.262 e. The van der Waals surface area contributed by atoms with E-state index in [-0.39, 0.29) is 11.3 Å². The Hall–Kier alpha value is -2.24. The summed E-state index contributed by atoms with van der Waals surface area (Å²) in [5.74, 6) is 0.239. The van der Waals surface area contributed by atoms with E-state index >= 15 is 0 Å². The summed E-state index contributed by atoms with van der Waals surface area (Å²) in [5, 5.41) is 13.7. The molecule has 1 aliphatic rings. The van der Waals surface area contributed by atoms with Gasteiger partial charge >= 0.3 is 0 Å². The summed E-state index contributed by atoms with van der Waals surface area (Å²) in [4.78, 5) is 16.2. The Labute approximate surface area is 165 Å². The Morgan fingerprint density at radius 3 is 2.56 bits per heavy atom. The number of thioether (sulfide) groups is 1. The number of fused-ring (bicyclic) bond motifs is 1.